The van der Waals surface area contributed by atoms with Crippen molar-refractivity contribution in [2.24, 2.45) is 0 Å². The van der Waals surface area contributed by atoms with E-state index in [9.17, 15) is 4.79 Å². The molecule has 0 aliphatic rings. The predicted molar refractivity (Wildman–Crippen MR) is 112 cm³/mol. The Hall–Kier alpha value is -2.64. The Morgan fingerprint density at radius 3 is 2.44 bits per heavy atom. The van der Waals surface area contributed by atoms with Crippen molar-refractivity contribution in [1.29, 1.82) is 0 Å². The number of amides is 1. The number of ether oxygens (including phenoxy) is 1. The Morgan fingerprint density at radius 2 is 1.78 bits per heavy atom. The molecule has 0 saturated carbocycles. The van der Waals surface area contributed by atoms with Gasteiger partial charge in [-0.05, 0) is 70.1 Å². The number of halogens is 1. The molecule has 7 heteroatoms. The van der Waals surface area contributed by atoms with E-state index in [-0.39, 0.29) is 10.9 Å². The van der Waals surface area contributed by atoms with E-state index in [0.717, 1.165) is 17.9 Å². The summed E-state index contributed by atoms with van der Waals surface area (Å²) in [6, 6.07) is 20.7. The third-order valence-electron chi connectivity index (χ3n) is 3.64. The molecule has 0 atom stereocenters. The zero-order valence-corrected chi connectivity index (χ0v) is 16.7. The molecule has 2 N–H and O–H groups in total. The number of rotatable bonds is 6. The number of hydrogen-bond acceptors (Lipinski definition) is 4. The van der Waals surface area contributed by atoms with Gasteiger partial charge in [0.2, 0.25) is 0 Å². The quantitative estimate of drug-likeness (QED) is 0.535. The van der Waals surface area contributed by atoms with Crippen LogP contribution in [0.5, 0.6) is 5.75 Å². The average Bonchev–Trinajstić information content (AvgIpc) is 3.10. The highest BCUT2D eigenvalue weighted by Crippen LogP contribution is 2.17. The molecule has 3 rings (SSSR count). The Labute approximate surface area is 170 Å². The number of carbonyl (C=O) groups is 1. The number of nitrogens with one attached hydrogen (secondary N) is 2. The summed E-state index contributed by atoms with van der Waals surface area (Å²) < 4.78 is 11.4. The molecule has 138 valence electrons. The van der Waals surface area contributed by atoms with Crippen LogP contribution in [0.2, 0.25) is 0 Å². The fraction of sp³-hybridized carbons (Fsp3) is 0.100. The van der Waals surface area contributed by atoms with Crippen LogP contribution in [0.3, 0.4) is 0 Å². The maximum Gasteiger partial charge on any atom is 0.293 e. The van der Waals surface area contributed by atoms with E-state index in [0.29, 0.717) is 11.3 Å². The lowest BCUT2D eigenvalue weighted by atomic mass is 10.2. The van der Waals surface area contributed by atoms with Gasteiger partial charge in [-0.3, -0.25) is 10.1 Å². The summed E-state index contributed by atoms with van der Waals surface area (Å²) >= 11 is 8.30. The van der Waals surface area contributed by atoms with Gasteiger partial charge in [-0.2, -0.15) is 0 Å². The van der Waals surface area contributed by atoms with Crippen LogP contribution in [0.15, 0.2) is 75.8 Å². The molecule has 0 radical (unpaired) electrons. The molecular formula is C20H17BrN2O3S. The smallest absolute Gasteiger partial charge is 0.293 e. The molecular weight excluding hydrogens is 428 g/mol. The van der Waals surface area contributed by atoms with Gasteiger partial charge in [0.25, 0.3) is 5.91 Å². The Morgan fingerprint density at radius 1 is 1.04 bits per heavy atom. The zero-order valence-electron chi connectivity index (χ0n) is 14.3. The van der Waals surface area contributed by atoms with Crippen LogP contribution in [0, 0.1) is 0 Å². The molecule has 2 aromatic carbocycles. The van der Waals surface area contributed by atoms with Crippen LogP contribution >= 0.6 is 28.1 Å². The van der Waals surface area contributed by atoms with E-state index in [1.807, 2.05) is 42.5 Å². The van der Waals surface area contributed by atoms with Gasteiger partial charge in [0.1, 0.15) is 5.75 Å². The van der Waals surface area contributed by atoms with E-state index < -0.39 is 5.91 Å². The maximum atomic E-state index is 12.0. The van der Waals surface area contributed by atoms with Crippen LogP contribution in [0.1, 0.15) is 16.1 Å². The first-order valence-electron chi connectivity index (χ1n) is 8.24. The van der Waals surface area contributed by atoms with Gasteiger partial charge in [-0.1, -0.05) is 30.3 Å². The largest absolute Gasteiger partial charge is 0.493 e. The second-order valence-electron chi connectivity index (χ2n) is 5.62. The fourth-order valence-corrected chi connectivity index (χ4v) is 2.85. The number of hydrogen-bond donors (Lipinski definition) is 2. The first-order valence-corrected chi connectivity index (χ1v) is 9.45. The van der Waals surface area contributed by atoms with E-state index in [1.54, 1.807) is 12.1 Å². The van der Waals surface area contributed by atoms with Gasteiger partial charge in [-0.15, -0.1) is 0 Å². The molecule has 0 aliphatic carbocycles. The summed E-state index contributed by atoms with van der Waals surface area (Å²) in [5.74, 6) is 0.527. The van der Waals surface area contributed by atoms with Crippen molar-refractivity contribution in [3.63, 3.8) is 0 Å². The number of furan rings is 1. The summed E-state index contributed by atoms with van der Waals surface area (Å²) in [7, 11) is 0. The second-order valence-corrected chi connectivity index (χ2v) is 6.81. The lowest BCUT2D eigenvalue weighted by Crippen LogP contribution is -2.33. The first-order chi connectivity index (χ1) is 13.1. The number of anilines is 1. The van der Waals surface area contributed by atoms with Crippen molar-refractivity contribution in [2.75, 3.05) is 11.9 Å². The molecule has 1 amide bonds. The molecule has 1 aromatic heterocycles. The van der Waals surface area contributed by atoms with E-state index >= 15 is 0 Å². The molecule has 27 heavy (non-hydrogen) atoms. The van der Waals surface area contributed by atoms with Gasteiger partial charge in [-0.25, -0.2) is 0 Å². The standard InChI is InChI=1S/C20H17BrN2O3S/c21-18-11-10-17(26-18)19(24)23-20(27)22-15-6-8-16(9-7-15)25-13-12-14-4-2-1-3-5-14/h1-11H,12-13H2,(H2,22,23,24,27). The fourth-order valence-electron chi connectivity index (χ4n) is 2.33. The van der Waals surface area contributed by atoms with Crippen molar-refractivity contribution in [2.45, 2.75) is 6.42 Å². The minimum atomic E-state index is -0.418. The third-order valence-corrected chi connectivity index (χ3v) is 4.27. The van der Waals surface area contributed by atoms with Crippen molar-refractivity contribution in [1.82, 2.24) is 5.32 Å². The van der Waals surface area contributed by atoms with Crippen LogP contribution in [0.25, 0.3) is 0 Å². The van der Waals surface area contributed by atoms with Crippen LogP contribution in [0.4, 0.5) is 5.69 Å². The molecule has 3 aromatic rings. The van der Waals surface area contributed by atoms with E-state index in [1.165, 1.54) is 5.56 Å². The molecule has 0 spiro atoms. The highest BCUT2D eigenvalue weighted by molar-refractivity contribution is 9.10. The summed E-state index contributed by atoms with van der Waals surface area (Å²) in [6.07, 6.45) is 0.847. The highest BCUT2D eigenvalue weighted by Gasteiger charge is 2.12. The molecule has 1 heterocycles. The Bertz CT molecular complexity index is 910. The minimum absolute atomic E-state index is 0.174. The maximum absolute atomic E-state index is 12.0. The Balaban J connectivity index is 1.45. The SMILES string of the molecule is O=C(NC(=S)Nc1ccc(OCCc2ccccc2)cc1)c1ccc(Br)o1. The molecule has 0 fully saturated rings. The van der Waals surface area contributed by atoms with Gasteiger partial charge in [0.15, 0.2) is 15.5 Å². The summed E-state index contributed by atoms with van der Waals surface area (Å²) in [6.45, 7) is 0.601. The highest BCUT2D eigenvalue weighted by atomic mass is 79.9. The normalized spacial score (nSPS) is 10.3. The predicted octanol–water partition coefficient (Wildman–Crippen LogP) is 4.79. The van der Waals surface area contributed by atoms with Gasteiger partial charge >= 0.3 is 0 Å². The summed E-state index contributed by atoms with van der Waals surface area (Å²) in [5, 5.41) is 5.70. The summed E-state index contributed by atoms with van der Waals surface area (Å²) in [5.41, 5.74) is 1.98. The number of carbonyl (C=O) groups excluding carboxylic acids is 1. The lowest BCUT2D eigenvalue weighted by Gasteiger charge is -2.10. The molecule has 0 bridgehead atoms. The lowest BCUT2D eigenvalue weighted by molar-refractivity contribution is 0.0949. The van der Waals surface area contributed by atoms with Gasteiger partial charge < -0.3 is 14.5 Å². The molecule has 0 unspecified atom stereocenters. The van der Waals surface area contributed by atoms with E-state index in [4.69, 9.17) is 21.4 Å². The minimum Gasteiger partial charge on any atom is -0.493 e. The van der Waals surface area contributed by atoms with Crippen molar-refractivity contribution in [3.8, 4) is 5.75 Å². The number of benzene rings is 2. The summed E-state index contributed by atoms with van der Waals surface area (Å²) in [4.78, 5) is 12.0. The third kappa shape index (κ3) is 5.94. The molecule has 0 saturated heterocycles. The topological polar surface area (TPSA) is 63.5 Å². The molecule has 5 nitrogen and oxygen atoms in total. The van der Waals surface area contributed by atoms with Crippen molar-refractivity contribution >= 4 is 44.9 Å². The zero-order chi connectivity index (χ0) is 19.1. The van der Waals surface area contributed by atoms with E-state index in [2.05, 4.69) is 38.7 Å². The van der Waals surface area contributed by atoms with Crippen molar-refractivity contribution in [3.05, 3.63) is 82.7 Å². The molecule has 0 aliphatic heterocycles. The van der Waals surface area contributed by atoms with Crippen LogP contribution < -0.4 is 15.4 Å². The van der Waals surface area contributed by atoms with Gasteiger partial charge in [0, 0.05) is 12.1 Å². The van der Waals surface area contributed by atoms with Crippen molar-refractivity contribution < 1.29 is 13.9 Å². The Kier molecular flexibility index (Phi) is 6.62. The monoisotopic (exact) mass is 444 g/mol. The van der Waals surface area contributed by atoms with Crippen LogP contribution in [-0.4, -0.2) is 17.6 Å². The van der Waals surface area contributed by atoms with Gasteiger partial charge in [0.05, 0.1) is 6.61 Å². The number of thiocarbonyl (C=S) groups is 1. The second kappa shape index (κ2) is 9.34. The van der Waals surface area contributed by atoms with Crippen LogP contribution in [-0.2, 0) is 6.42 Å². The first kappa shape index (κ1) is 19.1. The average molecular weight is 445 g/mol.